The number of nitrogens with zero attached hydrogens (tertiary/aromatic N) is 1. The zero-order chi connectivity index (χ0) is 15.7. The van der Waals surface area contributed by atoms with E-state index >= 15 is 0 Å². The van der Waals surface area contributed by atoms with Gasteiger partial charge in [-0.1, -0.05) is 12.8 Å². The fraction of sp³-hybridized carbons (Fsp3) is 0.600. The van der Waals surface area contributed by atoms with E-state index in [2.05, 4.69) is 15.6 Å². The summed E-state index contributed by atoms with van der Waals surface area (Å²) in [6.07, 6.45) is 8.46. The second kappa shape index (κ2) is 5.87. The summed E-state index contributed by atoms with van der Waals surface area (Å²) in [5, 5.41) is 5.61. The van der Waals surface area contributed by atoms with E-state index < -0.39 is 9.84 Å². The summed E-state index contributed by atoms with van der Waals surface area (Å²) in [5.74, 6) is 1.74. The molecule has 22 heavy (non-hydrogen) atoms. The van der Waals surface area contributed by atoms with Crippen molar-refractivity contribution < 1.29 is 13.2 Å². The molecule has 2 amide bonds. The molecule has 0 spiro atoms. The second-order valence-electron chi connectivity index (χ2n) is 6.46. The van der Waals surface area contributed by atoms with Crippen LogP contribution in [0.2, 0.25) is 0 Å². The van der Waals surface area contributed by atoms with E-state index in [0.717, 1.165) is 30.9 Å². The Morgan fingerprint density at radius 2 is 1.91 bits per heavy atom. The first-order valence-corrected chi connectivity index (χ1v) is 9.53. The highest BCUT2D eigenvalue weighted by Gasteiger charge is 2.34. The Balaban J connectivity index is 1.60. The third kappa shape index (κ3) is 3.58. The van der Waals surface area contributed by atoms with Gasteiger partial charge < -0.3 is 5.32 Å². The van der Waals surface area contributed by atoms with Crippen molar-refractivity contribution in [1.82, 2.24) is 10.3 Å². The number of urea groups is 1. The standard InChI is InChI=1S/C15H21N3O3S/c1-22(20,21)13-4-5-16-14(9-13)18-15(19)17-12-7-10-2-3-11(6-10)8-12/h4-5,9-12H,2-3,6-8H2,1H3,(H2,16,17,18,19). The lowest BCUT2D eigenvalue weighted by Crippen LogP contribution is -2.41. The number of nitrogens with one attached hydrogen (secondary N) is 2. The minimum Gasteiger partial charge on any atom is -0.335 e. The summed E-state index contributed by atoms with van der Waals surface area (Å²) < 4.78 is 23.0. The first-order valence-electron chi connectivity index (χ1n) is 7.64. The van der Waals surface area contributed by atoms with Gasteiger partial charge in [-0.05, 0) is 43.2 Å². The van der Waals surface area contributed by atoms with E-state index in [0.29, 0.717) is 0 Å². The molecule has 2 aliphatic carbocycles. The van der Waals surface area contributed by atoms with Crippen molar-refractivity contribution in [1.29, 1.82) is 0 Å². The van der Waals surface area contributed by atoms with Crippen molar-refractivity contribution in [2.24, 2.45) is 11.8 Å². The normalized spacial score (nSPS) is 27.4. The first kappa shape index (κ1) is 15.3. The van der Waals surface area contributed by atoms with Gasteiger partial charge in [0.2, 0.25) is 0 Å². The van der Waals surface area contributed by atoms with E-state index in [1.54, 1.807) is 0 Å². The Kier molecular flexibility index (Phi) is 4.08. The monoisotopic (exact) mass is 323 g/mol. The van der Waals surface area contributed by atoms with Crippen LogP contribution in [-0.2, 0) is 9.84 Å². The first-order chi connectivity index (χ1) is 10.4. The molecule has 2 saturated carbocycles. The van der Waals surface area contributed by atoms with Gasteiger partial charge >= 0.3 is 6.03 Å². The lowest BCUT2D eigenvalue weighted by atomic mass is 9.85. The maximum atomic E-state index is 12.1. The number of amides is 2. The molecule has 1 aromatic heterocycles. The zero-order valence-electron chi connectivity index (χ0n) is 12.6. The fourth-order valence-electron chi connectivity index (χ4n) is 3.67. The van der Waals surface area contributed by atoms with Gasteiger partial charge in [-0.2, -0.15) is 0 Å². The third-order valence-electron chi connectivity index (χ3n) is 4.62. The summed E-state index contributed by atoms with van der Waals surface area (Å²) in [7, 11) is -3.31. The summed E-state index contributed by atoms with van der Waals surface area (Å²) in [6.45, 7) is 0. The number of carbonyl (C=O) groups excluding carboxylic acids is 1. The summed E-state index contributed by atoms with van der Waals surface area (Å²) in [5.41, 5.74) is 0. The van der Waals surface area contributed by atoms with Crippen LogP contribution in [-0.4, -0.2) is 31.7 Å². The van der Waals surface area contributed by atoms with Crippen molar-refractivity contribution in [2.45, 2.75) is 43.0 Å². The third-order valence-corrected chi connectivity index (χ3v) is 5.73. The van der Waals surface area contributed by atoms with Gasteiger partial charge in [0, 0.05) is 18.5 Å². The number of anilines is 1. The minimum atomic E-state index is -3.31. The smallest absolute Gasteiger partial charge is 0.320 e. The van der Waals surface area contributed by atoms with Crippen LogP contribution in [0.5, 0.6) is 0 Å². The maximum Gasteiger partial charge on any atom is 0.320 e. The molecule has 2 fully saturated rings. The number of sulfone groups is 1. The predicted molar refractivity (Wildman–Crippen MR) is 83.4 cm³/mol. The Morgan fingerprint density at radius 1 is 1.23 bits per heavy atom. The lowest BCUT2D eigenvalue weighted by molar-refractivity contribution is 0.235. The molecule has 2 aliphatic rings. The van der Waals surface area contributed by atoms with E-state index in [1.165, 1.54) is 37.6 Å². The molecule has 0 radical (unpaired) electrons. The van der Waals surface area contributed by atoms with E-state index in [9.17, 15) is 13.2 Å². The van der Waals surface area contributed by atoms with Crippen LogP contribution in [0.15, 0.2) is 23.2 Å². The molecule has 0 aromatic carbocycles. The maximum absolute atomic E-state index is 12.1. The van der Waals surface area contributed by atoms with Crippen molar-refractivity contribution in [3.8, 4) is 0 Å². The van der Waals surface area contributed by atoms with Gasteiger partial charge in [0.15, 0.2) is 9.84 Å². The Hall–Kier alpha value is -1.63. The molecule has 2 bridgehead atoms. The average molecular weight is 323 g/mol. The number of pyridine rings is 1. The van der Waals surface area contributed by atoms with Crippen LogP contribution < -0.4 is 10.6 Å². The Labute approximate surface area is 130 Å². The zero-order valence-corrected chi connectivity index (χ0v) is 13.4. The predicted octanol–water partition coefficient (Wildman–Crippen LogP) is 2.19. The second-order valence-corrected chi connectivity index (χ2v) is 8.48. The average Bonchev–Trinajstić information content (AvgIpc) is 2.77. The molecule has 1 aromatic rings. The van der Waals surface area contributed by atoms with Crippen LogP contribution in [0.25, 0.3) is 0 Å². The van der Waals surface area contributed by atoms with Crippen molar-refractivity contribution >= 4 is 21.7 Å². The number of fused-ring (bicyclic) bond motifs is 2. The molecule has 2 N–H and O–H groups in total. The number of rotatable bonds is 3. The molecule has 6 nitrogen and oxygen atoms in total. The number of hydrogen-bond donors (Lipinski definition) is 2. The topological polar surface area (TPSA) is 88.2 Å². The van der Waals surface area contributed by atoms with Gasteiger partial charge in [-0.25, -0.2) is 18.2 Å². The van der Waals surface area contributed by atoms with Crippen LogP contribution in [0.3, 0.4) is 0 Å². The van der Waals surface area contributed by atoms with Crippen LogP contribution >= 0.6 is 0 Å². The molecule has 7 heteroatoms. The van der Waals surface area contributed by atoms with Crippen molar-refractivity contribution in [2.75, 3.05) is 11.6 Å². The number of carbonyl (C=O) groups is 1. The van der Waals surface area contributed by atoms with Gasteiger partial charge in [-0.15, -0.1) is 0 Å². The largest absolute Gasteiger partial charge is 0.335 e. The van der Waals surface area contributed by atoms with Crippen LogP contribution in [0.1, 0.15) is 32.1 Å². The molecule has 2 unspecified atom stereocenters. The lowest BCUT2D eigenvalue weighted by Gasteiger charge is -2.28. The summed E-state index contributed by atoms with van der Waals surface area (Å²) in [4.78, 5) is 16.2. The Morgan fingerprint density at radius 3 is 2.55 bits per heavy atom. The van der Waals surface area contributed by atoms with E-state index in [-0.39, 0.29) is 22.8 Å². The highest BCUT2D eigenvalue weighted by Crippen LogP contribution is 2.41. The van der Waals surface area contributed by atoms with E-state index in [4.69, 9.17) is 0 Å². The molecule has 2 atom stereocenters. The molecule has 0 saturated heterocycles. The highest BCUT2D eigenvalue weighted by molar-refractivity contribution is 7.90. The summed E-state index contributed by atoms with van der Waals surface area (Å²) in [6, 6.07) is 2.69. The van der Waals surface area contributed by atoms with Crippen molar-refractivity contribution in [3.63, 3.8) is 0 Å². The molecule has 3 rings (SSSR count). The number of aromatic nitrogens is 1. The molecule has 120 valence electrons. The van der Waals surface area contributed by atoms with Gasteiger partial charge in [0.05, 0.1) is 4.90 Å². The quantitative estimate of drug-likeness (QED) is 0.892. The fourth-order valence-corrected chi connectivity index (χ4v) is 4.31. The van der Waals surface area contributed by atoms with E-state index in [1.807, 2.05) is 0 Å². The Bertz CT molecular complexity index is 662. The highest BCUT2D eigenvalue weighted by atomic mass is 32.2. The van der Waals surface area contributed by atoms with Crippen LogP contribution in [0, 0.1) is 11.8 Å². The van der Waals surface area contributed by atoms with Crippen LogP contribution in [0.4, 0.5) is 10.6 Å². The minimum absolute atomic E-state index is 0.147. The molecule has 0 aliphatic heterocycles. The van der Waals surface area contributed by atoms with Crippen molar-refractivity contribution in [3.05, 3.63) is 18.3 Å². The molecule has 1 heterocycles. The van der Waals surface area contributed by atoms with Gasteiger partial charge in [-0.3, -0.25) is 5.32 Å². The molecular weight excluding hydrogens is 302 g/mol. The molecular formula is C15H21N3O3S. The SMILES string of the molecule is CS(=O)(=O)c1ccnc(NC(=O)NC2CC3CCC(C3)C2)c1. The van der Waals surface area contributed by atoms with Gasteiger partial charge in [0.1, 0.15) is 5.82 Å². The summed E-state index contributed by atoms with van der Waals surface area (Å²) >= 11 is 0. The number of hydrogen-bond acceptors (Lipinski definition) is 4. The van der Waals surface area contributed by atoms with Gasteiger partial charge in [0.25, 0.3) is 0 Å².